The lowest BCUT2D eigenvalue weighted by Gasteiger charge is -2.11. The summed E-state index contributed by atoms with van der Waals surface area (Å²) < 4.78 is 46.3. The molecule has 0 aliphatic heterocycles. The lowest BCUT2D eigenvalue weighted by molar-refractivity contribution is -0.384. The first-order valence-corrected chi connectivity index (χ1v) is 7.69. The number of ether oxygens (including phenoxy) is 1. The van der Waals surface area contributed by atoms with Gasteiger partial charge < -0.3 is 4.74 Å². The third-order valence-corrected chi connectivity index (χ3v) is 3.81. The number of hydrogen-bond acceptors (Lipinski definition) is 6. The molecule has 2 aromatic carbocycles. The van der Waals surface area contributed by atoms with Crippen LogP contribution in [-0.4, -0.2) is 32.8 Å². The zero-order chi connectivity index (χ0) is 20.5. The fraction of sp³-hybridized carbons (Fsp3) is 0.118. The van der Waals surface area contributed by atoms with Crippen molar-refractivity contribution in [2.75, 3.05) is 7.11 Å². The number of nitro benzene ring substituents is 1. The van der Waals surface area contributed by atoms with Gasteiger partial charge in [-0.25, -0.2) is 4.68 Å². The molecule has 0 fully saturated rings. The molecule has 0 N–H and O–H groups in total. The lowest BCUT2D eigenvalue weighted by atomic mass is 10.1. The van der Waals surface area contributed by atoms with Crippen molar-refractivity contribution in [3.8, 4) is 11.4 Å². The summed E-state index contributed by atoms with van der Waals surface area (Å²) >= 11 is 0. The molecule has 0 saturated heterocycles. The van der Waals surface area contributed by atoms with Crippen molar-refractivity contribution in [2.24, 2.45) is 0 Å². The third kappa shape index (κ3) is 3.54. The number of halogens is 3. The van der Waals surface area contributed by atoms with Gasteiger partial charge in [0.2, 0.25) is 5.78 Å². The molecule has 0 radical (unpaired) electrons. The Morgan fingerprint density at radius 1 is 1.11 bits per heavy atom. The Morgan fingerprint density at radius 2 is 1.71 bits per heavy atom. The number of ketones is 1. The Labute approximate surface area is 155 Å². The zero-order valence-corrected chi connectivity index (χ0v) is 14.2. The van der Waals surface area contributed by atoms with Crippen LogP contribution in [-0.2, 0) is 6.18 Å². The van der Waals surface area contributed by atoms with Gasteiger partial charge in [0, 0.05) is 17.7 Å². The second kappa shape index (κ2) is 7.10. The van der Waals surface area contributed by atoms with E-state index in [1.54, 1.807) is 0 Å². The highest BCUT2D eigenvalue weighted by molar-refractivity contribution is 6.08. The number of nitro groups is 1. The lowest BCUT2D eigenvalue weighted by Crippen LogP contribution is -2.18. The van der Waals surface area contributed by atoms with Gasteiger partial charge in [-0.1, -0.05) is 5.21 Å². The van der Waals surface area contributed by atoms with Crippen molar-refractivity contribution in [2.45, 2.75) is 6.18 Å². The van der Waals surface area contributed by atoms with E-state index >= 15 is 0 Å². The van der Waals surface area contributed by atoms with Crippen LogP contribution in [0.2, 0.25) is 0 Å². The maximum atomic E-state index is 13.6. The second-order valence-corrected chi connectivity index (χ2v) is 5.53. The van der Waals surface area contributed by atoms with Crippen LogP contribution in [0.3, 0.4) is 0 Å². The van der Waals surface area contributed by atoms with E-state index in [-0.39, 0.29) is 16.9 Å². The summed E-state index contributed by atoms with van der Waals surface area (Å²) in [5, 5.41) is 17.6. The van der Waals surface area contributed by atoms with Gasteiger partial charge in [0.1, 0.15) is 5.75 Å². The maximum absolute atomic E-state index is 13.6. The van der Waals surface area contributed by atoms with Crippen molar-refractivity contribution in [3.63, 3.8) is 0 Å². The molecule has 0 aliphatic rings. The minimum atomic E-state index is -4.94. The molecule has 0 aliphatic carbocycles. The molecule has 0 spiro atoms. The minimum absolute atomic E-state index is 0.0259. The van der Waals surface area contributed by atoms with E-state index in [4.69, 9.17) is 4.74 Å². The maximum Gasteiger partial charge on any atom is 0.435 e. The van der Waals surface area contributed by atoms with Crippen LogP contribution in [0.1, 0.15) is 21.7 Å². The quantitative estimate of drug-likeness (QED) is 0.375. The highest BCUT2D eigenvalue weighted by Crippen LogP contribution is 2.34. The Hall–Kier alpha value is -3.76. The summed E-state index contributed by atoms with van der Waals surface area (Å²) in [5.74, 6) is -0.537. The first-order valence-electron chi connectivity index (χ1n) is 7.69. The van der Waals surface area contributed by atoms with E-state index in [0.717, 1.165) is 24.3 Å². The summed E-state index contributed by atoms with van der Waals surface area (Å²) in [4.78, 5) is 22.6. The standard InChI is InChI=1S/C17H11F3N4O4/c1-28-13-8-2-10(3-9-13)15(25)14-16(17(18,19)20)23(22-21-14)11-4-6-12(7-5-11)24(26)27/h2-9H,1H3. The Balaban J connectivity index is 2.07. The Kier molecular flexibility index (Phi) is 4.82. The van der Waals surface area contributed by atoms with E-state index in [1.165, 1.54) is 31.4 Å². The number of alkyl halides is 3. The van der Waals surface area contributed by atoms with Gasteiger partial charge in [-0.15, -0.1) is 5.10 Å². The number of carbonyl (C=O) groups is 1. The summed E-state index contributed by atoms with van der Waals surface area (Å²) in [5.41, 5.74) is -2.70. The van der Waals surface area contributed by atoms with Crippen LogP contribution >= 0.6 is 0 Å². The topological polar surface area (TPSA) is 100 Å². The molecule has 0 saturated carbocycles. The molecule has 8 nitrogen and oxygen atoms in total. The molecule has 3 rings (SSSR count). The average molecular weight is 392 g/mol. The summed E-state index contributed by atoms with van der Waals surface area (Å²) in [6.45, 7) is 0. The fourth-order valence-electron chi connectivity index (χ4n) is 2.46. The van der Waals surface area contributed by atoms with Crippen LogP contribution in [0.25, 0.3) is 5.69 Å². The number of aromatic nitrogens is 3. The fourth-order valence-corrected chi connectivity index (χ4v) is 2.46. The third-order valence-electron chi connectivity index (χ3n) is 3.81. The van der Waals surface area contributed by atoms with Crippen molar-refractivity contribution in [3.05, 3.63) is 75.6 Å². The van der Waals surface area contributed by atoms with Crippen molar-refractivity contribution < 1.29 is 27.6 Å². The van der Waals surface area contributed by atoms with E-state index < -0.39 is 28.3 Å². The second-order valence-electron chi connectivity index (χ2n) is 5.53. The Bertz CT molecular complexity index is 1030. The first kappa shape index (κ1) is 19.0. The SMILES string of the molecule is COc1ccc(C(=O)c2nnn(-c3ccc([N+](=O)[O-])cc3)c2C(F)(F)F)cc1. The van der Waals surface area contributed by atoms with Gasteiger partial charge in [-0.05, 0) is 36.4 Å². The van der Waals surface area contributed by atoms with Crippen LogP contribution < -0.4 is 4.74 Å². The van der Waals surface area contributed by atoms with E-state index in [2.05, 4.69) is 10.3 Å². The highest BCUT2D eigenvalue weighted by atomic mass is 19.4. The van der Waals surface area contributed by atoms with Crippen molar-refractivity contribution >= 4 is 11.5 Å². The molecule has 0 amide bonds. The zero-order valence-electron chi connectivity index (χ0n) is 14.2. The van der Waals surface area contributed by atoms with E-state index in [9.17, 15) is 28.1 Å². The Morgan fingerprint density at radius 3 is 2.21 bits per heavy atom. The minimum Gasteiger partial charge on any atom is -0.497 e. The highest BCUT2D eigenvalue weighted by Gasteiger charge is 2.42. The molecule has 144 valence electrons. The number of benzene rings is 2. The smallest absolute Gasteiger partial charge is 0.435 e. The number of carbonyl (C=O) groups excluding carboxylic acids is 1. The van der Waals surface area contributed by atoms with Gasteiger partial charge in [-0.3, -0.25) is 14.9 Å². The predicted octanol–water partition coefficient (Wildman–Crippen LogP) is 3.43. The van der Waals surface area contributed by atoms with Gasteiger partial charge in [-0.2, -0.15) is 13.2 Å². The number of hydrogen-bond donors (Lipinski definition) is 0. The molecule has 3 aromatic rings. The van der Waals surface area contributed by atoms with Crippen LogP contribution in [0.15, 0.2) is 48.5 Å². The molecule has 0 unspecified atom stereocenters. The first-order chi connectivity index (χ1) is 13.2. The van der Waals surface area contributed by atoms with Crippen molar-refractivity contribution in [1.82, 2.24) is 15.0 Å². The molecule has 28 heavy (non-hydrogen) atoms. The molecule has 1 heterocycles. The summed E-state index contributed by atoms with van der Waals surface area (Å²) in [6, 6.07) is 9.72. The molecular weight excluding hydrogens is 381 g/mol. The van der Waals surface area contributed by atoms with Gasteiger partial charge in [0.05, 0.1) is 17.7 Å². The number of nitrogens with zero attached hydrogens (tertiary/aromatic N) is 4. The predicted molar refractivity (Wildman–Crippen MR) is 89.4 cm³/mol. The monoisotopic (exact) mass is 392 g/mol. The molecule has 11 heteroatoms. The molecule has 0 atom stereocenters. The molecule has 0 bridgehead atoms. The van der Waals surface area contributed by atoms with Crippen LogP contribution in [0.5, 0.6) is 5.75 Å². The number of methoxy groups -OCH3 is 1. The number of non-ortho nitro benzene ring substituents is 1. The van der Waals surface area contributed by atoms with Crippen molar-refractivity contribution in [1.29, 1.82) is 0 Å². The van der Waals surface area contributed by atoms with Gasteiger partial charge in [0.15, 0.2) is 11.4 Å². The summed E-state index contributed by atoms with van der Waals surface area (Å²) in [7, 11) is 1.41. The normalized spacial score (nSPS) is 11.3. The van der Waals surface area contributed by atoms with E-state index in [0.29, 0.717) is 10.4 Å². The molecular formula is C17H11F3N4O4. The molecule has 1 aromatic heterocycles. The average Bonchev–Trinajstić information content (AvgIpc) is 3.13. The van der Waals surface area contributed by atoms with Crippen LogP contribution in [0.4, 0.5) is 18.9 Å². The van der Waals surface area contributed by atoms with Gasteiger partial charge >= 0.3 is 6.18 Å². The largest absolute Gasteiger partial charge is 0.497 e. The van der Waals surface area contributed by atoms with E-state index in [1.807, 2.05) is 0 Å². The summed E-state index contributed by atoms with van der Waals surface area (Å²) in [6.07, 6.45) is -4.94. The number of rotatable bonds is 5. The van der Waals surface area contributed by atoms with Gasteiger partial charge in [0.25, 0.3) is 5.69 Å². The van der Waals surface area contributed by atoms with Crippen LogP contribution in [0, 0.1) is 10.1 Å².